The second-order valence-corrected chi connectivity index (χ2v) is 3.95. The van der Waals surface area contributed by atoms with E-state index in [9.17, 15) is 4.79 Å². The summed E-state index contributed by atoms with van der Waals surface area (Å²) in [5, 5.41) is 9.08. The first-order valence-electron chi connectivity index (χ1n) is 5.29. The Labute approximate surface area is 89.5 Å². The van der Waals surface area contributed by atoms with Gasteiger partial charge in [0.25, 0.3) is 0 Å². The average molecular weight is 217 g/mol. The number of hydrogen-bond acceptors (Lipinski definition) is 5. The van der Waals surface area contributed by atoms with Gasteiger partial charge in [0.05, 0.1) is 12.7 Å². The highest BCUT2D eigenvalue weighted by Gasteiger charge is 2.22. The lowest BCUT2D eigenvalue weighted by Gasteiger charge is -2.22. The molecule has 2 atom stereocenters. The van der Waals surface area contributed by atoms with Gasteiger partial charge in [-0.25, -0.2) is 0 Å². The molecule has 1 fully saturated rings. The molecular weight excluding hydrogens is 198 g/mol. The molecule has 0 saturated carbocycles. The van der Waals surface area contributed by atoms with Crippen molar-refractivity contribution in [1.82, 2.24) is 0 Å². The Bertz CT molecular complexity index is 202. The van der Waals surface area contributed by atoms with Crippen molar-refractivity contribution in [2.24, 2.45) is 11.7 Å². The molecule has 0 aromatic rings. The monoisotopic (exact) mass is 217 g/mol. The molecule has 0 unspecified atom stereocenters. The van der Waals surface area contributed by atoms with Gasteiger partial charge in [0.2, 0.25) is 0 Å². The number of carbonyl (C=O) groups is 1. The highest BCUT2D eigenvalue weighted by molar-refractivity contribution is 5.76. The van der Waals surface area contributed by atoms with Crippen molar-refractivity contribution in [3.63, 3.8) is 0 Å². The first kappa shape index (κ1) is 12.4. The molecule has 88 valence electrons. The van der Waals surface area contributed by atoms with E-state index in [0.717, 1.165) is 26.1 Å². The number of carbonyl (C=O) groups excluding carboxylic acids is 1. The number of ether oxygens (including phenoxy) is 2. The van der Waals surface area contributed by atoms with Gasteiger partial charge in [0, 0.05) is 13.2 Å². The van der Waals surface area contributed by atoms with Crippen molar-refractivity contribution in [3.05, 3.63) is 0 Å². The Hall–Kier alpha value is -0.650. The van der Waals surface area contributed by atoms with Crippen LogP contribution in [-0.2, 0) is 14.3 Å². The Morgan fingerprint density at radius 1 is 1.60 bits per heavy atom. The van der Waals surface area contributed by atoms with Crippen LogP contribution in [0.5, 0.6) is 0 Å². The number of aliphatic hydroxyl groups is 1. The van der Waals surface area contributed by atoms with E-state index < -0.39 is 18.1 Å². The average Bonchev–Trinajstić information content (AvgIpc) is 2.26. The van der Waals surface area contributed by atoms with Gasteiger partial charge in [-0.15, -0.1) is 0 Å². The van der Waals surface area contributed by atoms with Gasteiger partial charge in [-0.1, -0.05) is 0 Å². The number of hydrogen-bond donors (Lipinski definition) is 2. The summed E-state index contributed by atoms with van der Waals surface area (Å²) in [7, 11) is 0. The van der Waals surface area contributed by atoms with Crippen LogP contribution < -0.4 is 5.73 Å². The molecule has 0 bridgehead atoms. The molecule has 1 saturated heterocycles. The Kier molecular flexibility index (Phi) is 5.01. The van der Waals surface area contributed by atoms with Crippen molar-refractivity contribution < 1.29 is 19.4 Å². The van der Waals surface area contributed by atoms with Crippen LogP contribution in [0.25, 0.3) is 0 Å². The first-order valence-corrected chi connectivity index (χ1v) is 5.29. The maximum absolute atomic E-state index is 11.3. The number of esters is 1. The molecule has 1 heterocycles. The minimum absolute atomic E-state index is 0.365. The normalized spacial score (nSPS) is 22.1. The van der Waals surface area contributed by atoms with Crippen LogP contribution in [0.2, 0.25) is 0 Å². The zero-order valence-corrected chi connectivity index (χ0v) is 9.02. The maximum atomic E-state index is 11.3. The fourth-order valence-corrected chi connectivity index (χ4v) is 1.41. The van der Waals surface area contributed by atoms with Crippen molar-refractivity contribution in [1.29, 1.82) is 0 Å². The number of nitrogens with two attached hydrogens (primary N) is 1. The molecule has 3 N–H and O–H groups in total. The van der Waals surface area contributed by atoms with E-state index in [1.165, 1.54) is 6.92 Å². The summed E-state index contributed by atoms with van der Waals surface area (Å²) >= 11 is 0. The van der Waals surface area contributed by atoms with Crippen molar-refractivity contribution in [3.8, 4) is 0 Å². The second-order valence-electron chi connectivity index (χ2n) is 3.95. The van der Waals surface area contributed by atoms with Gasteiger partial charge >= 0.3 is 5.97 Å². The van der Waals surface area contributed by atoms with Crippen LogP contribution in [0.3, 0.4) is 0 Å². The molecule has 0 amide bonds. The highest BCUT2D eigenvalue weighted by Crippen LogP contribution is 2.14. The molecule has 0 aliphatic carbocycles. The minimum atomic E-state index is -0.940. The largest absolute Gasteiger partial charge is 0.464 e. The van der Waals surface area contributed by atoms with Crippen molar-refractivity contribution in [2.75, 3.05) is 19.8 Å². The predicted molar refractivity (Wildman–Crippen MR) is 54.2 cm³/mol. The van der Waals surface area contributed by atoms with Crippen LogP contribution in [0.1, 0.15) is 19.8 Å². The van der Waals surface area contributed by atoms with E-state index in [4.69, 9.17) is 20.3 Å². The maximum Gasteiger partial charge on any atom is 0.325 e. The summed E-state index contributed by atoms with van der Waals surface area (Å²) < 4.78 is 10.2. The molecule has 0 spiro atoms. The van der Waals surface area contributed by atoms with Gasteiger partial charge < -0.3 is 20.3 Å². The third-order valence-corrected chi connectivity index (χ3v) is 2.59. The third kappa shape index (κ3) is 4.15. The van der Waals surface area contributed by atoms with E-state index in [2.05, 4.69) is 0 Å². The lowest BCUT2D eigenvalue weighted by atomic mass is 10.0. The molecule has 0 radical (unpaired) electrons. The number of rotatable bonds is 4. The summed E-state index contributed by atoms with van der Waals surface area (Å²) in [4.78, 5) is 11.3. The predicted octanol–water partition coefficient (Wildman–Crippen LogP) is -0.336. The van der Waals surface area contributed by atoms with Crippen molar-refractivity contribution in [2.45, 2.75) is 31.9 Å². The SMILES string of the molecule is C[C@@H](O)[C@H](N)C(=O)OCC1CCOCC1. The summed E-state index contributed by atoms with van der Waals surface area (Å²) in [5.74, 6) is -0.166. The second kappa shape index (κ2) is 6.05. The van der Waals surface area contributed by atoms with Gasteiger partial charge in [0.1, 0.15) is 6.04 Å². The molecule has 15 heavy (non-hydrogen) atoms. The Morgan fingerprint density at radius 3 is 2.73 bits per heavy atom. The van der Waals surface area contributed by atoms with Crippen molar-refractivity contribution >= 4 is 5.97 Å². The van der Waals surface area contributed by atoms with E-state index >= 15 is 0 Å². The number of aliphatic hydroxyl groups excluding tert-OH is 1. The molecule has 5 heteroatoms. The highest BCUT2D eigenvalue weighted by atomic mass is 16.5. The Morgan fingerprint density at radius 2 is 2.20 bits per heavy atom. The Balaban J connectivity index is 2.20. The molecular formula is C10H19NO4. The van der Waals surface area contributed by atoms with Gasteiger partial charge in [0.15, 0.2) is 0 Å². The first-order chi connectivity index (χ1) is 7.11. The van der Waals surface area contributed by atoms with Gasteiger partial charge in [-0.3, -0.25) is 4.79 Å². The molecule has 0 aromatic heterocycles. The zero-order chi connectivity index (χ0) is 11.3. The molecule has 1 aliphatic heterocycles. The minimum Gasteiger partial charge on any atom is -0.464 e. The molecule has 1 rings (SSSR count). The third-order valence-electron chi connectivity index (χ3n) is 2.59. The van der Waals surface area contributed by atoms with Gasteiger partial charge in [-0.05, 0) is 25.7 Å². The van der Waals surface area contributed by atoms with E-state index in [0.29, 0.717) is 12.5 Å². The lowest BCUT2D eigenvalue weighted by Crippen LogP contribution is -2.42. The van der Waals surface area contributed by atoms with Crippen LogP contribution in [-0.4, -0.2) is 43.0 Å². The summed E-state index contributed by atoms with van der Waals surface area (Å²) in [6, 6.07) is -0.940. The van der Waals surface area contributed by atoms with E-state index in [1.54, 1.807) is 0 Å². The zero-order valence-electron chi connectivity index (χ0n) is 9.02. The van der Waals surface area contributed by atoms with E-state index in [1.807, 2.05) is 0 Å². The molecule has 0 aromatic carbocycles. The summed E-state index contributed by atoms with van der Waals surface area (Å²) in [6.45, 7) is 3.30. The van der Waals surface area contributed by atoms with Gasteiger partial charge in [-0.2, -0.15) is 0 Å². The van der Waals surface area contributed by atoms with Crippen LogP contribution in [0.4, 0.5) is 0 Å². The smallest absolute Gasteiger partial charge is 0.325 e. The topological polar surface area (TPSA) is 81.8 Å². The van der Waals surface area contributed by atoms with Crippen LogP contribution in [0, 0.1) is 5.92 Å². The fraction of sp³-hybridized carbons (Fsp3) is 0.900. The lowest BCUT2D eigenvalue weighted by molar-refractivity contribution is -0.150. The summed E-state index contributed by atoms with van der Waals surface area (Å²) in [5.41, 5.74) is 5.43. The molecule has 1 aliphatic rings. The molecule has 5 nitrogen and oxygen atoms in total. The van der Waals surface area contributed by atoms with Crippen LogP contribution in [0.15, 0.2) is 0 Å². The fourth-order valence-electron chi connectivity index (χ4n) is 1.41. The summed E-state index contributed by atoms with van der Waals surface area (Å²) in [6.07, 6.45) is 0.959. The quantitative estimate of drug-likeness (QED) is 0.630. The standard InChI is InChI=1S/C10H19NO4/c1-7(12)9(11)10(13)15-6-8-2-4-14-5-3-8/h7-9,12H,2-6,11H2,1H3/t7-,9+/m1/s1. The van der Waals surface area contributed by atoms with E-state index in [-0.39, 0.29) is 0 Å². The van der Waals surface area contributed by atoms with Crippen LogP contribution >= 0.6 is 0 Å².